The van der Waals surface area contributed by atoms with Crippen molar-refractivity contribution >= 4 is 16.8 Å². The zero-order chi connectivity index (χ0) is 8.58. The average Bonchev–Trinajstić information content (AvgIpc) is 1.62. The highest BCUT2D eigenvalue weighted by atomic mass is 35.5. The molecule has 0 heterocycles. The molecular weight excluding hydrogens is 169 g/mol. The van der Waals surface area contributed by atoms with Gasteiger partial charge in [0.15, 0.2) is 0 Å². The van der Waals surface area contributed by atoms with Crippen LogP contribution in [-0.2, 0) is 4.79 Å². The van der Waals surface area contributed by atoms with E-state index in [-0.39, 0.29) is 0 Å². The normalized spacial score (nSPS) is 13.4. The van der Waals surface area contributed by atoms with Gasteiger partial charge >= 0.3 is 6.18 Å². The molecule has 0 aliphatic carbocycles. The molecule has 0 aliphatic heterocycles. The van der Waals surface area contributed by atoms with Crippen LogP contribution in [0.25, 0.3) is 0 Å². The second kappa shape index (κ2) is 2.42. The molecule has 0 atom stereocenters. The largest absolute Gasteiger partial charge is 0.402 e. The summed E-state index contributed by atoms with van der Waals surface area (Å²) >= 11 is 4.70. The number of hydrogen-bond acceptors (Lipinski definition) is 1. The van der Waals surface area contributed by atoms with E-state index in [1.54, 1.807) is 0 Å². The van der Waals surface area contributed by atoms with Crippen molar-refractivity contribution in [1.29, 1.82) is 0 Å². The van der Waals surface area contributed by atoms with Crippen LogP contribution >= 0.6 is 11.6 Å². The molecule has 0 radical (unpaired) electrons. The molecule has 0 spiro atoms. The van der Waals surface area contributed by atoms with E-state index in [0.29, 0.717) is 0 Å². The van der Waals surface area contributed by atoms with Gasteiger partial charge in [0.05, 0.1) is 0 Å². The Labute approximate surface area is 61.2 Å². The van der Waals surface area contributed by atoms with Crippen molar-refractivity contribution in [3.8, 4) is 0 Å². The topological polar surface area (TPSA) is 17.1 Å². The fraction of sp³-hybridized carbons (Fsp3) is 0.800. The van der Waals surface area contributed by atoms with Crippen LogP contribution in [0.15, 0.2) is 0 Å². The van der Waals surface area contributed by atoms with Crippen molar-refractivity contribution in [2.75, 3.05) is 0 Å². The SMILES string of the molecule is CC(C)(C(=O)Cl)C(F)(F)F. The highest BCUT2D eigenvalue weighted by molar-refractivity contribution is 6.64. The van der Waals surface area contributed by atoms with E-state index in [9.17, 15) is 18.0 Å². The molecule has 10 heavy (non-hydrogen) atoms. The first-order valence-corrected chi connectivity index (χ1v) is 2.84. The molecule has 0 fully saturated rings. The van der Waals surface area contributed by atoms with Crippen LogP contribution in [0.4, 0.5) is 13.2 Å². The molecule has 0 N–H and O–H groups in total. The smallest absolute Gasteiger partial charge is 0.280 e. The molecule has 1 nitrogen and oxygen atoms in total. The lowest BCUT2D eigenvalue weighted by molar-refractivity contribution is -0.205. The fourth-order valence-electron chi connectivity index (χ4n) is 0.111. The van der Waals surface area contributed by atoms with E-state index in [1.165, 1.54) is 0 Å². The molecule has 0 aromatic rings. The van der Waals surface area contributed by atoms with Gasteiger partial charge < -0.3 is 0 Å². The van der Waals surface area contributed by atoms with Crippen molar-refractivity contribution in [2.45, 2.75) is 20.0 Å². The lowest BCUT2D eigenvalue weighted by Gasteiger charge is -2.22. The maximum Gasteiger partial charge on any atom is 0.402 e. The molecule has 0 bridgehead atoms. The Morgan fingerprint density at radius 3 is 1.60 bits per heavy atom. The average molecular weight is 175 g/mol. The van der Waals surface area contributed by atoms with Crippen molar-refractivity contribution in [1.82, 2.24) is 0 Å². The molecule has 0 aliphatic rings. The summed E-state index contributed by atoms with van der Waals surface area (Å²) in [5, 5.41) is -1.39. The number of halogens is 4. The Hall–Kier alpha value is -0.250. The van der Waals surface area contributed by atoms with Crippen LogP contribution < -0.4 is 0 Å². The van der Waals surface area contributed by atoms with Crippen LogP contribution in [0.3, 0.4) is 0 Å². The second-order valence-electron chi connectivity index (χ2n) is 2.40. The third-order valence-corrected chi connectivity index (χ3v) is 1.67. The van der Waals surface area contributed by atoms with Crippen molar-refractivity contribution in [3.63, 3.8) is 0 Å². The van der Waals surface area contributed by atoms with Gasteiger partial charge in [-0.3, -0.25) is 4.79 Å². The molecule has 0 saturated carbocycles. The zero-order valence-corrected chi connectivity index (χ0v) is 6.18. The van der Waals surface area contributed by atoms with Crippen LogP contribution in [-0.4, -0.2) is 11.4 Å². The molecule has 60 valence electrons. The molecule has 0 saturated heterocycles. The molecule has 0 aromatic carbocycles. The lowest BCUT2D eigenvalue weighted by Crippen LogP contribution is -2.37. The first-order valence-electron chi connectivity index (χ1n) is 2.46. The third-order valence-electron chi connectivity index (χ3n) is 1.20. The highest BCUT2D eigenvalue weighted by Crippen LogP contribution is 2.38. The number of rotatable bonds is 1. The summed E-state index contributed by atoms with van der Waals surface area (Å²) < 4.78 is 35.3. The van der Waals surface area contributed by atoms with Gasteiger partial charge in [-0.2, -0.15) is 13.2 Å². The molecule has 0 aromatic heterocycles. The predicted molar refractivity (Wildman–Crippen MR) is 30.7 cm³/mol. The summed E-state index contributed by atoms with van der Waals surface area (Å²) in [6.07, 6.45) is -4.56. The highest BCUT2D eigenvalue weighted by Gasteiger charge is 2.52. The van der Waals surface area contributed by atoms with E-state index in [4.69, 9.17) is 11.6 Å². The number of carbonyl (C=O) groups is 1. The standard InChI is InChI=1S/C5H6ClF3O/c1-4(2,3(6)10)5(7,8)9/h1-2H3. The summed E-state index contributed by atoms with van der Waals surface area (Å²) in [7, 11) is 0. The van der Waals surface area contributed by atoms with Crippen molar-refractivity contribution < 1.29 is 18.0 Å². The van der Waals surface area contributed by atoms with Gasteiger partial charge in [-0.25, -0.2) is 0 Å². The Bertz CT molecular complexity index is 149. The molecule has 5 heteroatoms. The van der Waals surface area contributed by atoms with Crippen LogP contribution in [0.2, 0.25) is 0 Å². The van der Waals surface area contributed by atoms with Crippen molar-refractivity contribution in [3.05, 3.63) is 0 Å². The molecule has 0 amide bonds. The van der Waals surface area contributed by atoms with Gasteiger partial charge in [0.2, 0.25) is 5.24 Å². The van der Waals surface area contributed by atoms with E-state index >= 15 is 0 Å². The predicted octanol–water partition coefficient (Wildman–Crippen LogP) is 2.34. The summed E-state index contributed by atoms with van der Waals surface area (Å²) in [4.78, 5) is 10.2. The molecule has 0 rings (SSSR count). The first kappa shape index (κ1) is 9.75. The Morgan fingerprint density at radius 1 is 1.30 bits per heavy atom. The zero-order valence-electron chi connectivity index (χ0n) is 5.42. The Balaban J connectivity index is 4.57. The Morgan fingerprint density at radius 2 is 1.60 bits per heavy atom. The van der Waals surface area contributed by atoms with Gasteiger partial charge in [0.25, 0.3) is 0 Å². The van der Waals surface area contributed by atoms with Gasteiger partial charge in [-0.15, -0.1) is 0 Å². The fourth-order valence-corrected chi connectivity index (χ4v) is 0.219. The minimum absolute atomic E-state index is 0.738. The van der Waals surface area contributed by atoms with E-state index < -0.39 is 16.8 Å². The summed E-state index contributed by atoms with van der Waals surface area (Å²) in [5.74, 6) is 0. The van der Waals surface area contributed by atoms with Gasteiger partial charge in [-0.05, 0) is 25.4 Å². The minimum atomic E-state index is -4.56. The van der Waals surface area contributed by atoms with Crippen LogP contribution in [0.5, 0.6) is 0 Å². The maximum absolute atomic E-state index is 11.8. The van der Waals surface area contributed by atoms with Crippen LogP contribution in [0.1, 0.15) is 13.8 Å². The lowest BCUT2D eigenvalue weighted by atomic mass is 9.95. The number of carbonyl (C=O) groups excluding carboxylic acids is 1. The summed E-state index contributed by atoms with van der Waals surface area (Å²) in [6, 6.07) is 0. The second-order valence-corrected chi connectivity index (χ2v) is 2.74. The van der Waals surface area contributed by atoms with Crippen LogP contribution in [0, 0.1) is 5.41 Å². The number of hydrogen-bond donors (Lipinski definition) is 0. The van der Waals surface area contributed by atoms with E-state index in [0.717, 1.165) is 13.8 Å². The number of alkyl halides is 3. The van der Waals surface area contributed by atoms with Gasteiger partial charge in [-0.1, -0.05) is 0 Å². The van der Waals surface area contributed by atoms with Gasteiger partial charge in [0, 0.05) is 0 Å². The maximum atomic E-state index is 11.8. The minimum Gasteiger partial charge on any atom is -0.280 e. The quantitative estimate of drug-likeness (QED) is 0.558. The summed E-state index contributed by atoms with van der Waals surface area (Å²) in [5.41, 5.74) is -2.44. The molecule has 0 unspecified atom stereocenters. The summed E-state index contributed by atoms with van der Waals surface area (Å²) in [6.45, 7) is 1.48. The van der Waals surface area contributed by atoms with E-state index in [2.05, 4.69) is 0 Å². The van der Waals surface area contributed by atoms with E-state index in [1.807, 2.05) is 0 Å². The first-order chi connectivity index (χ1) is 4.19. The monoisotopic (exact) mass is 174 g/mol. The van der Waals surface area contributed by atoms with Gasteiger partial charge in [0.1, 0.15) is 5.41 Å². The van der Waals surface area contributed by atoms with Crippen molar-refractivity contribution in [2.24, 2.45) is 5.41 Å². The Kier molecular flexibility index (Phi) is 2.36. The third kappa shape index (κ3) is 1.62. The molecular formula is C5H6ClF3O.